The van der Waals surface area contributed by atoms with Gasteiger partial charge in [-0.15, -0.1) is 0 Å². The van der Waals surface area contributed by atoms with Crippen LogP contribution in [-0.2, 0) is 6.42 Å². The predicted molar refractivity (Wildman–Crippen MR) is 69.6 cm³/mol. The van der Waals surface area contributed by atoms with Gasteiger partial charge in [-0.05, 0) is 75.9 Å². The van der Waals surface area contributed by atoms with Gasteiger partial charge in [0.1, 0.15) is 5.82 Å². The summed E-state index contributed by atoms with van der Waals surface area (Å²) in [6.07, 6.45) is 6.32. The van der Waals surface area contributed by atoms with Crippen molar-refractivity contribution < 1.29 is 4.39 Å². The smallest absolute Gasteiger partial charge is 0.123 e. The van der Waals surface area contributed by atoms with Crippen LogP contribution in [0.5, 0.6) is 0 Å². The second kappa shape index (κ2) is 6.15. The van der Waals surface area contributed by atoms with Gasteiger partial charge in [0.05, 0.1) is 0 Å². The Kier molecular flexibility index (Phi) is 4.55. The van der Waals surface area contributed by atoms with Crippen LogP contribution in [0.25, 0.3) is 0 Å². The van der Waals surface area contributed by atoms with Gasteiger partial charge in [-0.2, -0.15) is 0 Å². The van der Waals surface area contributed by atoms with Crippen LogP contribution in [0.4, 0.5) is 4.39 Å². The molecule has 1 aliphatic heterocycles. The molecule has 1 aromatic rings. The molecule has 17 heavy (non-hydrogen) atoms. The first-order valence-electron chi connectivity index (χ1n) is 6.67. The zero-order valence-corrected chi connectivity index (χ0v) is 10.7. The zero-order valence-electron chi connectivity index (χ0n) is 10.7. The Morgan fingerprint density at radius 2 is 1.71 bits per heavy atom. The summed E-state index contributed by atoms with van der Waals surface area (Å²) in [5, 5.41) is 0. The van der Waals surface area contributed by atoms with Gasteiger partial charge in [0.2, 0.25) is 0 Å². The third-order valence-electron chi connectivity index (χ3n) is 3.74. The third kappa shape index (κ3) is 4.12. The molecule has 1 nitrogen and oxygen atoms in total. The summed E-state index contributed by atoms with van der Waals surface area (Å²) in [6, 6.07) is 7.01. The van der Waals surface area contributed by atoms with Crippen LogP contribution < -0.4 is 0 Å². The average Bonchev–Trinajstić information content (AvgIpc) is 2.29. The van der Waals surface area contributed by atoms with E-state index in [0.29, 0.717) is 0 Å². The second-order valence-electron chi connectivity index (χ2n) is 5.28. The lowest BCUT2D eigenvalue weighted by molar-refractivity contribution is 0.262. The predicted octanol–water partition coefficient (Wildman–Crippen LogP) is 3.49. The zero-order chi connectivity index (χ0) is 12.1. The summed E-state index contributed by atoms with van der Waals surface area (Å²) in [4.78, 5) is 2.42. The van der Waals surface area contributed by atoms with E-state index in [1.165, 1.54) is 44.3 Å². The van der Waals surface area contributed by atoms with E-state index < -0.39 is 0 Å². The van der Waals surface area contributed by atoms with Crippen molar-refractivity contribution in [1.29, 1.82) is 0 Å². The third-order valence-corrected chi connectivity index (χ3v) is 3.74. The fourth-order valence-corrected chi connectivity index (χ4v) is 2.71. The fourth-order valence-electron chi connectivity index (χ4n) is 2.71. The van der Waals surface area contributed by atoms with Gasteiger partial charge in [0.15, 0.2) is 0 Å². The molecule has 0 aliphatic carbocycles. The molecule has 0 spiro atoms. The van der Waals surface area contributed by atoms with Gasteiger partial charge in [-0.1, -0.05) is 12.1 Å². The quantitative estimate of drug-likeness (QED) is 0.758. The molecule has 1 saturated heterocycles. The minimum Gasteiger partial charge on any atom is -0.306 e. The molecule has 1 aliphatic rings. The highest BCUT2D eigenvalue weighted by atomic mass is 19.1. The molecular weight excluding hydrogens is 213 g/mol. The summed E-state index contributed by atoms with van der Waals surface area (Å²) in [5.74, 6) is 0.655. The first-order chi connectivity index (χ1) is 8.24. The number of nitrogens with zero attached hydrogens (tertiary/aromatic N) is 1. The molecule has 0 radical (unpaired) electrons. The summed E-state index contributed by atoms with van der Waals surface area (Å²) in [5.41, 5.74) is 1.28. The molecule has 1 aromatic carbocycles. The summed E-state index contributed by atoms with van der Waals surface area (Å²) < 4.78 is 12.8. The monoisotopic (exact) mass is 235 g/mol. The topological polar surface area (TPSA) is 3.24 Å². The lowest BCUT2D eigenvalue weighted by atomic mass is 9.89. The van der Waals surface area contributed by atoms with Crippen molar-refractivity contribution in [3.8, 4) is 0 Å². The molecule has 94 valence electrons. The molecule has 1 fully saturated rings. The Labute approximate surface area is 104 Å². The fraction of sp³-hybridized carbons (Fsp3) is 0.600. The van der Waals surface area contributed by atoms with Crippen LogP contribution in [0.3, 0.4) is 0 Å². The average molecular weight is 235 g/mol. The van der Waals surface area contributed by atoms with Crippen LogP contribution in [0.2, 0.25) is 0 Å². The molecule has 0 atom stereocenters. The van der Waals surface area contributed by atoms with Gasteiger partial charge in [-0.3, -0.25) is 0 Å². The highest BCUT2D eigenvalue weighted by Crippen LogP contribution is 2.22. The normalized spacial score (nSPS) is 19.9. The molecule has 1 heterocycles. The molecule has 0 bridgehead atoms. The second-order valence-corrected chi connectivity index (χ2v) is 5.28. The number of hydrogen-bond donors (Lipinski definition) is 0. The van der Waals surface area contributed by atoms with Crippen molar-refractivity contribution >= 4 is 0 Å². The van der Waals surface area contributed by atoms with E-state index in [2.05, 4.69) is 11.9 Å². The Morgan fingerprint density at radius 1 is 1.12 bits per heavy atom. The van der Waals surface area contributed by atoms with E-state index >= 15 is 0 Å². The lowest BCUT2D eigenvalue weighted by Crippen LogP contribution is -2.25. The Hall–Kier alpha value is -0.890. The Morgan fingerprint density at radius 3 is 2.29 bits per heavy atom. The maximum Gasteiger partial charge on any atom is 0.123 e. The molecular formula is C15H22FN. The lowest BCUT2D eigenvalue weighted by Gasteiger charge is -2.24. The largest absolute Gasteiger partial charge is 0.306 e. The molecule has 0 unspecified atom stereocenters. The van der Waals surface area contributed by atoms with Gasteiger partial charge >= 0.3 is 0 Å². The van der Waals surface area contributed by atoms with Crippen LogP contribution in [-0.4, -0.2) is 25.0 Å². The SMILES string of the molecule is CN1CCCC(Cc2ccc(F)cc2)CCC1. The summed E-state index contributed by atoms with van der Waals surface area (Å²) >= 11 is 0. The standard InChI is InChI=1S/C15H22FN/c1-17-10-2-4-13(5-3-11-17)12-14-6-8-15(16)9-7-14/h6-9,13H,2-5,10-12H2,1H3. The van der Waals surface area contributed by atoms with Crippen molar-refractivity contribution in [3.05, 3.63) is 35.6 Å². The van der Waals surface area contributed by atoms with Crippen molar-refractivity contribution in [2.24, 2.45) is 5.92 Å². The van der Waals surface area contributed by atoms with Crippen molar-refractivity contribution in [2.45, 2.75) is 32.1 Å². The molecule has 0 saturated carbocycles. The Bertz CT molecular complexity index is 323. The summed E-state index contributed by atoms with van der Waals surface area (Å²) in [7, 11) is 2.21. The van der Waals surface area contributed by atoms with E-state index in [1.807, 2.05) is 12.1 Å². The van der Waals surface area contributed by atoms with E-state index in [1.54, 1.807) is 12.1 Å². The van der Waals surface area contributed by atoms with E-state index in [4.69, 9.17) is 0 Å². The molecule has 2 rings (SSSR count). The van der Waals surface area contributed by atoms with Crippen LogP contribution in [0, 0.1) is 11.7 Å². The molecule has 0 aromatic heterocycles. The first-order valence-corrected chi connectivity index (χ1v) is 6.67. The van der Waals surface area contributed by atoms with Crippen molar-refractivity contribution in [1.82, 2.24) is 4.90 Å². The minimum atomic E-state index is -0.131. The van der Waals surface area contributed by atoms with Gasteiger partial charge in [0.25, 0.3) is 0 Å². The van der Waals surface area contributed by atoms with Crippen molar-refractivity contribution in [2.75, 3.05) is 20.1 Å². The Balaban J connectivity index is 1.87. The molecule has 0 N–H and O–H groups in total. The van der Waals surface area contributed by atoms with Gasteiger partial charge < -0.3 is 4.90 Å². The summed E-state index contributed by atoms with van der Waals surface area (Å²) in [6.45, 7) is 2.44. The van der Waals surface area contributed by atoms with E-state index in [0.717, 1.165) is 12.3 Å². The number of rotatable bonds is 2. The minimum absolute atomic E-state index is 0.131. The number of hydrogen-bond acceptors (Lipinski definition) is 1. The highest BCUT2D eigenvalue weighted by molar-refractivity contribution is 5.16. The first kappa shape index (κ1) is 12.6. The van der Waals surface area contributed by atoms with E-state index in [-0.39, 0.29) is 5.82 Å². The van der Waals surface area contributed by atoms with Crippen molar-refractivity contribution in [3.63, 3.8) is 0 Å². The number of benzene rings is 1. The molecule has 0 amide bonds. The van der Waals surface area contributed by atoms with E-state index in [9.17, 15) is 4.39 Å². The van der Waals surface area contributed by atoms with Crippen LogP contribution in [0.1, 0.15) is 31.2 Å². The molecule has 2 heteroatoms. The maximum absolute atomic E-state index is 12.8. The van der Waals surface area contributed by atoms with Gasteiger partial charge in [0, 0.05) is 0 Å². The van der Waals surface area contributed by atoms with Gasteiger partial charge in [-0.25, -0.2) is 4.39 Å². The van der Waals surface area contributed by atoms with Crippen LogP contribution >= 0.6 is 0 Å². The number of halogens is 1. The van der Waals surface area contributed by atoms with Crippen LogP contribution in [0.15, 0.2) is 24.3 Å². The number of likely N-dealkylation sites (tertiary alicyclic amines) is 1. The highest BCUT2D eigenvalue weighted by Gasteiger charge is 2.13. The maximum atomic E-state index is 12.8.